The number of aromatic nitrogens is 3. The minimum Gasteiger partial charge on any atom is -0.455 e. The molecule has 9 nitrogen and oxygen atoms in total. The third kappa shape index (κ3) is 4.77. The van der Waals surface area contributed by atoms with Crippen LogP contribution < -0.4 is 21.2 Å². The summed E-state index contributed by atoms with van der Waals surface area (Å²) in [6, 6.07) is 9.14. The molecule has 4 heterocycles. The molecule has 0 aliphatic carbocycles. The number of likely N-dealkylation sites (N-methyl/N-ethyl adjacent to an activating group) is 1. The van der Waals surface area contributed by atoms with Gasteiger partial charge in [0.2, 0.25) is 0 Å². The highest BCUT2D eigenvalue weighted by Crippen LogP contribution is 2.37. The van der Waals surface area contributed by atoms with E-state index < -0.39 is 0 Å². The van der Waals surface area contributed by atoms with E-state index in [9.17, 15) is 14.4 Å². The number of rotatable bonds is 5. The van der Waals surface area contributed by atoms with Crippen LogP contribution in [0, 0.1) is 13.8 Å². The number of aromatic amines is 1. The Morgan fingerprint density at radius 1 is 1.03 bits per heavy atom. The van der Waals surface area contributed by atoms with Crippen molar-refractivity contribution in [2.45, 2.75) is 32.7 Å². The van der Waals surface area contributed by atoms with E-state index in [2.05, 4.69) is 15.2 Å². The number of piperidine rings is 1. The number of likely N-dealkylation sites (tertiary alicyclic amines) is 1. The van der Waals surface area contributed by atoms with Crippen molar-refractivity contribution in [2.75, 3.05) is 20.1 Å². The number of H-pyrrole nitrogens is 1. The van der Waals surface area contributed by atoms with Crippen molar-refractivity contribution in [3.63, 3.8) is 0 Å². The Morgan fingerprint density at radius 3 is 2.47 bits per heavy atom. The number of ether oxygens (including phenoxy) is 1. The van der Waals surface area contributed by atoms with Crippen LogP contribution in [0.15, 0.2) is 52.3 Å². The van der Waals surface area contributed by atoms with Gasteiger partial charge in [0, 0.05) is 55.5 Å². The molecule has 1 aromatic carbocycles. The van der Waals surface area contributed by atoms with Crippen LogP contribution in [0.3, 0.4) is 0 Å². The minimum absolute atomic E-state index is 0.0458. The highest BCUT2D eigenvalue weighted by molar-refractivity contribution is 6.03. The molecule has 9 heteroatoms. The Labute approximate surface area is 220 Å². The quantitative estimate of drug-likeness (QED) is 0.424. The minimum atomic E-state index is -0.263. The molecule has 1 unspecified atom stereocenters. The summed E-state index contributed by atoms with van der Waals surface area (Å²) in [7, 11) is 5.36. The molecule has 38 heavy (non-hydrogen) atoms. The molecule has 3 aromatic heterocycles. The zero-order valence-electron chi connectivity index (χ0n) is 22.4. The summed E-state index contributed by atoms with van der Waals surface area (Å²) in [5.41, 5.74) is 3.21. The van der Waals surface area contributed by atoms with Gasteiger partial charge >= 0.3 is 0 Å². The van der Waals surface area contributed by atoms with Gasteiger partial charge in [-0.2, -0.15) is 0 Å². The van der Waals surface area contributed by atoms with E-state index in [-0.39, 0.29) is 23.1 Å². The Hall–Kier alpha value is -4.11. The summed E-state index contributed by atoms with van der Waals surface area (Å²) in [5, 5.41) is 3.65. The maximum absolute atomic E-state index is 13.2. The van der Waals surface area contributed by atoms with Crippen LogP contribution in [0.5, 0.6) is 11.5 Å². The second-order valence-electron chi connectivity index (χ2n) is 10.3. The Bertz CT molecular complexity index is 1640. The predicted molar refractivity (Wildman–Crippen MR) is 148 cm³/mol. The Morgan fingerprint density at radius 2 is 1.76 bits per heavy atom. The van der Waals surface area contributed by atoms with Crippen molar-refractivity contribution in [1.82, 2.24) is 24.3 Å². The van der Waals surface area contributed by atoms with Gasteiger partial charge in [0.25, 0.3) is 17.0 Å². The number of carbonyl (C=O) groups excluding carboxylic acids is 1. The fourth-order valence-electron chi connectivity index (χ4n) is 5.19. The maximum Gasteiger partial charge on any atom is 0.274 e. The van der Waals surface area contributed by atoms with Crippen molar-refractivity contribution in [3.05, 3.63) is 80.3 Å². The highest BCUT2D eigenvalue weighted by atomic mass is 16.5. The number of amides is 1. The van der Waals surface area contributed by atoms with E-state index in [0.717, 1.165) is 37.1 Å². The number of nitrogens with zero attached hydrogens (tertiary/aromatic N) is 3. The summed E-state index contributed by atoms with van der Waals surface area (Å²) in [6.45, 7) is 5.73. The number of fused-ring (bicyclic) bond motifs is 1. The van der Waals surface area contributed by atoms with Crippen LogP contribution in [0.4, 0.5) is 0 Å². The van der Waals surface area contributed by atoms with E-state index in [0.29, 0.717) is 39.2 Å². The number of carbonyl (C=O) groups is 1. The predicted octanol–water partition coefficient (Wildman–Crippen LogP) is 3.47. The van der Waals surface area contributed by atoms with Gasteiger partial charge in [-0.3, -0.25) is 14.4 Å². The van der Waals surface area contributed by atoms with Gasteiger partial charge < -0.3 is 29.1 Å². The Kier molecular flexibility index (Phi) is 6.71. The summed E-state index contributed by atoms with van der Waals surface area (Å²) in [5.74, 6) is 0.924. The van der Waals surface area contributed by atoms with Gasteiger partial charge in [-0.1, -0.05) is 18.2 Å². The van der Waals surface area contributed by atoms with Crippen LogP contribution >= 0.6 is 0 Å². The second kappa shape index (κ2) is 9.98. The zero-order valence-corrected chi connectivity index (χ0v) is 22.4. The van der Waals surface area contributed by atoms with Crippen molar-refractivity contribution in [3.8, 4) is 22.6 Å². The number of hydrogen-bond donors (Lipinski definition) is 2. The monoisotopic (exact) mass is 515 g/mol. The first-order valence-electron chi connectivity index (χ1n) is 12.8. The van der Waals surface area contributed by atoms with Crippen LogP contribution in [0.2, 0.25) is 0 Å². The van der Waals surface area contributed by atoms with Crippen molar-refractivity contribution < 1.29 is 9.53 Å². The standard InChI is InChI=1S/C29H33N5O4/c1-17-8-6-9-18(2)27(17)38-24-16-33(4)25(35)13-20(24)22-15-34(5)29(37)26-21(22)12-23(31-26)28(36)30-19-10-7-11-32(3)14-19/h6,8-9,12-13,15-16,19,31H,7,10-11,14H2,1-5H3,(H,30,36). The van der Waals surface area contributed by atoms with E-state index in [1.807, 2.05) is 39.1 Å². The molecule has 0 saturated carbocycles. The van der Waals surface area contributed by atoms with Crippen LogP contribution in [-0.4, -0.2) is 51.1 Å². The summed E-state index contributed by atoms with van der Waals surface area (Å²) < 4.78 is 9.32. The third-order valence-electron chi connectivity index (χ3n) is 7.27. The average molecular weight is 516 g/mol. The fraction of sp³-hybridized carbons (Fsp3) is 0.345. The van der Waals surface area contributed by atoms with Gasteiger partial charge in [0.05, 0.1) is 6.20 Å². The molecule has 198 valence electrons. The number of pyridine rings is 2. The topological polar surface area (TPSA) is 101 Å². The van der Waals surface area contributed by atoms with E-state index in [4.69, 9.17) is 4.74 Å². The summed E-state index contributed by atoms with van der Waals surface area (Å²) in [6.07, 6.45) is 5.27. The normalized spacial score (nSPS) is 16.1. The molecule has 1 amide bonds. The Balaban J connectivity index is 1.62. The largest absolute Gasteiger partial charge is 0.455 e. The highest BCUT2D eigenvalue weighted by Gasteiger charge is 2.23. The maximum atomic E-state index is 13.2. The van der Waals surface area contributed by atoms with Gasteiger partial charge in [-0.25, -0.2) is 0 Å². The van der Waals surface area contributed by atoms with Gasteiger partial charge in [0.1, 0.15) is 17.0 Å². The molecule has 5 rings (SSSR count). The van der Waals surface area contributed by atoms with Gasteiger partial charge in [-0.15, -0.1) is 0 Å². The molecular weight excluding hydrogens is 482 g/mol. The fourth-order valence-corrected chi connectivity index (χ4v) is 5.19. The molecule has 1 atom stereocenters. The summed E-state index contributed by atoms with van der Waals surface area (Å²) in [4.78, 5) is 44.2. The van der Waals surface area contributed by atoms with Crippen LogP contribution in [-0.2, 0) is 14.1 Å². The first-order chi connectivity index (χ1) is 18.1. The van der Waals surface area contributed by atoms with Gasteiger partial charge in [-0.05, 0) is 57.5 Å². The van der Waals surface area contributed by atoms with Crippen LogP contribution in [0.1, 0.15) is 34.5 Å². The third-order valence-corrected chi connectivity index (χ3v) is 7.27. The number of benzene rings is 1. The smallest absolute Gasteiger partial charge is 0.274 e. The van der Waals surface area contributed by atoms with Gasteiger partial charge in [0.15, 0.2) is 5.75 Å². The SMILES string of the molecule is Cc1cccc(C)c1Oc1cn(C)c(=O)cc1-c1cn(C)c(=O)c2[nH]c(C(=O)NC3CCCN(C)C3)cc12. The zero-order chi connectivity index (χ0) is 27.1. The second-order valence-corrected chi connectivity index (χ2v) is 10.3. The van der Waals surface area contributed by atoms with Crippen molar-refractivity contribution in [1.29, 1.82) is 0 Å². The molecule has 2 N–H and O–H groups in total. The molecule has 1 fully saturated rings. The van der Waals surface area contributed by atoms with E-state index in [1.165, 1.54) is 15.2 Å². The molecule has 0 spiro atoms. The van der Waals surface area contributed by atoms with E-state index in [1.54, 1.807) is 32.6 Å². The van der Waals surface area contributed by atoms with Crippen LogP contribution in [0.25, 0.3) is 22.0 Å². The number of para-hydroxylation sites is 1. The summed E-state index contributed by atoms with van der Waals surface area (Å²) >= 11 is 0. The molecule has 0 radical (unpaired) electrons. The van der Waals surface area contributed by atoms with E-state index >= 15 is 0 Å². The lowest BCUT2D eigenvalue weighted by molar-refractivity contribution is 0.0908. The molecule has 1 aliphatic heterocycles. The van der Waals surface area contributed by atoms with Crippen molar-refractivity contribution >= 4 is 16.8 Å². The first-order valence-corrected chi connectivity index (χ1v) is 12.8. The molecular formula is C29H33N5O4. The lowest BCUT2D eigenvalue weighted by Crippen LogP contribution is -2.46. The lowest BCUT2D eigenvalue weighted by atomic mass is 10.0. The lowest BCUT2D eigenvalue weighted by Gasteiger charge is -2.30. The van der Waals surface area contributed by atoms with Crippen molar-refractivity contribution in [2.24, 2.45) is 14.1 Å². The molecule has 1 saturated heterocycles. The first kappa shape index (κ1) is 25.5. The average Bonchev–Trinajstić information content (AvgIpc) is 3.32. The number of hydrogen-bond acceptors (Lipinski definition) is 5. The number of nitrogens with one attached hydrogen (secondary N) is 2. The molecule has 0 bridgehead atoms. The number of aryl methyl sites for hydroxylation is 4. The molecule has 1 aliphatic rings. The molecule has 4 aromatic rings.